The van der Waals surface area contributed by atoms with Gasteiger partial charge in [-0.15, -0.1) is 11.3 Å². The van der Waals surface area contributed by atoms with E-state index in [9.17, 15) is 18.0 Å². The van der Waals surface area contributed by atoms with Crippen LogP contribution >= 0.6 is 22.9 Å². The number of amides is 2. The number of sulfonamides is 1. The monoisotopic (exact) mass is 564 g/mol. The SMILES string of the molecule is CN1CCc2nc(C(=O)N[C@@H]3CCC(NS(C)(=O)=O)C[C@@H]3NC(=O)c3cc4cc(Cl)ccc4[nH]3)sc2C1. The van der Waals surface area contributed by atoms with Gasteiger partial charge in [-0.2, -0.15) is 0 Å². The largest absolute Gasteiger partial charge is 0.351 e. The second kappa shape index (κ2) is 10.3. The lowest BCUT2D eigenvalue weighted by Crippen LogP contribution is -2.57. The molecule has 3 heterocycles. The van der Waals surface area contributed by atoms with Crippen molar-refractivity contribution in [2.75, 3.05) is 19.8 Å². The van der Waals surface area contributed by atoms with Crippen molar-refractivity contribution in [1.29, 1.82) is 0 Å². The lowest BCUT2D eigenvalue weighted by Gasteiger charge is -2.36. The predicted octanol–water partition coefficient (Wildman–Crippen LogP) is 2.26. The summed E-state index contributed by atoms with van der Waals surface area (Å²) in [5.41, 5.74) is 2.10. The molecular formula is C24H29ClN6O4S2. The first-order valence-corrected chi connectivity index (χ1v) is 15.2. The summed E-state index contributed by atoms with van der Waals surface area (Å²) in [5, 5.41) is 7.85. The first kappa shape index (κ1) is 26.1. The molecule has 2 aromatic heterocycles. The van der Waals surface area contributed by atoms with E-state index in [-0.39, 0.29) is 23.9 Å². The number of rotatable bonds is 6. The average Bonchev–Trinajstić information content (AvgIpc) is 3.43. The Morgan fingerprint density at radius 2 is 1.95 bits per heavy atom. The van der Waals surface area contributed by atoms with Gasteiger partial charge in [-0.05, 0) is 50.6 Å². The van der Waals surface area contributed by atoms with Crippen LogP contribution < -0.4 is 15.4 Å². The minimum Gasteiger partial charge on any atom is -0.351 e. The summed E-state index contributed by atoms with van der Waals surface area (Å²) >= 11 is 7.47. The Hall–Kier alpha value is -2.51. The third-order valence-electron chi connectivity index (χ3n) is 6.81. The third kappa shape index (κ3) is 6.15. The number of halogens is 1. The zero-order chi connectivity index (χ0) is 26.3. The van der Waals surface area contributed by atoms with E-state index in [1.807, 2.05) is 7.05 Å². The van der Waals surface area contributed by atoms with Gasteiger partial charge in [0.15, 0.2) is 5.01 Å². The van der Waals surface area contributed by atoms with Crippen LogP contribution in [0.2, 0.25) is 5.02 Å². The zero-order valence-corrected chi connectivity index (χ0v) is 22.9. The van der Waals surface area contributed by atoms with E-state index >= 15 is 0 Å². The molecule has 1 aliphatic carbocycles. The minimum atomic E-state index is -3.42. The molecule has 10 nitrogen and oxygen atoms in total. The maximum absolute atomic E-state index is 13.2. The standard InChI is InChI=1S/C24H29ClN6O4S2/c1-31-8-7-18-21(12-31)36-24(29-18)23(33)27-17-6-4-15(30-37(2,34)35)11-19(17)28-22(32)20-10-13-9-14(25)3-5-16(13)26-20/h3,5,9-10,15,17,19,26,30H,4,6-8,11-12H2,1-2H3,(H,27,33)(H,28,32)/t15?,17-,19+/m1/s1. The number of thiazole rings is 1. The molecule has 3 atom stereocenters. The summed E-state index contributed by atoms with van der Waals surface area (Å²) < 4.78 is 26.3. The fraction of sp³-hybridized carbons (Fsp3) is 0.458. The normalized spacial score (nSPS) is 22.5. The number of carbonyl (C=O) groups is 2. The molecule has 0 saturated heterocycles. The van der Waals surface area contributed by atoms with Gasteiger partial charge in [0.2, 0.25) is 10.0 Å². The maximum Gasteiger partial charge on any atom is 0.280 e. The molecule has 1 aromatic carbocycles. The highest BCUT2D eigenvalue weighted by atomic mass is 35.5. The Morgan fingerprint density at radius 1 is 1.16 bits per heavy atom. The summed E-state index contributed by atoms with van der Waals surface area (Å²) in [7, 11) is -1.38. The van der Waals surface area contributed by atoms with E-state index in [4.69, 9.17) is 11.6 Å². The molecule has 1 saturated carbocycles. The molecule has 13 heteroatoms. The fourth-order valence-corrected chi connectivity index (χ4v) is 7.13. The van der Waals surface area contributed by atoms with Gasteiger partial charge < -0.3 is 20.5 Å². The lowest BCUT2D eigenvalue weighted by atomic mass is 9.87. The zero-order valence-electron chi connectivity index (χ0n) is 20.5. The molecule has 0 spiro atoms. The Labute approximate surface area is 224 Å². The van der Waals surface area contributed by atoms with Crippen LogP contribution in [0.25, 0.3) is 10.9 Å². The van der Waals surface area contributed by atoms with Gasteiger partial charge in [0, 0.05) is 52.4 Å². The second-order valence-corrected chi connectivity index (χ2v) is 13.2. The van der Waals surface area contributed by atoms with Gasteiger partial charge in [0.25, 0.3) is 11.8 Å². The molecule has 5 rings (SSSR count). The first-order chi connectivity index (χ1) is 17.5. The van der Waals surface area contributed by atoms with Crippen molar-refractivity contribution >= 4 is 55.7 Å². The van der Waals surface area contributed by atoms with Crippen LogP contribution in [0.3, 0.4) is 0 Å². The molecule has 3 aromatic rings. The quantitative estimate of drug-likeness (QED) is 0.362. The Kier molecular flexibility index (Phi) is 7.29. The molecule has 0 radical (unpaired) electrons. The lowest BCUT2D eigenvalue weighted by molar-refractivity contribution is 0.0853. The molecule has 1 unspecified atom stereocenters. The molecule has 2 amide bonds. The van der Waals surface area contributed by atoms with Crippen molar-refractivity contribution in [1.82, 2.24) is 30.2 Å². The fourth-order valence-electron chi connectivity index (χ4n) is 5.04. The smallest absolute Gasteiger partial charge is 0.280 e. The summed E-state index contributed by atoms with van der Waals surface area (Å²) in [4.78, 5) is 37.3. The number of aromatic nitrogens is 2. The van der Waals surface area contributed by atoms with Crippen molar-refractivity contribution in [2.45, 2.75) is 50.4 Å². The van der Waals surface area contributed by atoms with Crippen molar-refractivity contribution in [3.63, 3.8) is 0 Å². The van der Waals surface area contributed by atoms with Crippen molar-refractivity contribution in [2.24, 2.45) is 0 Å². The van der Waals surface area contributed by atoms with Crippen LogP contribution in [0.4, 0.5) is 0 Å². The molecule has 37 heavy (non-hydrogen) atoms. The van der Waals surface area contributed by atoms with Gasteiger partial charge in [0.1, 0.15) is 5.69 Å². The summed E-state index contributed by atoms with van der Waals surface area (Å²) in [6.07, 6.45) is 3.31. The number of aromatic amines is 1. The van der Waals surface area contributed by atoms with Gasteiger partial charge in [0.05, 0.1) is 18.0 Å². The van der Waals surface area contributed by atoms with E-state index < -0.39 is 16.1 Å². The highest BCUT2D eigenvalue weighted by molar-refractivity contribution is 7.88. The number of H-pyrrole nitrogens is 1. The van der Waals surface area contributed by atoms with E-state index in [1.54, 1.807) is 24.3 Å². The van der Waals surface area contributed by atoms with Crippen molar-refractivity contribution < 1.29 is 18.0 Å². The Balaban J connectivity index is 1.33. The van der Waals surface area contributed by atoms with Crippen molar-refractivity contribution in [3.05, 3.63) is 50.6 Å². The van der Waals surface area contributed by atoms with Crippen LogP contribution in [0.15, 0.2) is 24.3 Å². The van der Waals surface area contributed by atoms with E-state index in [1.165, 1.54) is 11.3 Å². The van der Waals surface area contributed by atoms with E-state index in [0.29, 0.717) is 35.0 Å². The van der Waals surface area contributed by atoms with Gasteiger partial charge in [-0.25, -0.2) is 18.1 Å². The molecule has 1 aliphatic heterocycles. The van der Waals surface area contributed by atoms with E-state index in [2.05, 4.69) is 30.2 Å². The summed E-state index contributed by atoms with van der Waals surface area (Å²) in [5.74, 6) is -0.620. The predicted molar refractivity (Wildman–Crippen MR) is 144 cm³/mol. The van der Waals surface area contributed by atoms with E-state index in [0.717, 1.165) is 47.2 Å². The number of nitrogens with zero attached hydrogens (tertiary/aromatic N) is 2. The highest BCUT2D eigenvalue weighted by Gasteiger charge is 2.35. The molecule has 198 valence electrons. The molecular weight excluding hydrogens is 536 g/mol. The van der Waals surface area contributed by atoms with Crippen LogP contribution in [-0.2, 0) is 23.0 Å². The maximum atomic E-state index is 13.2. The average molecular weight is 565 g/mol. The molecule has 1 fully saturated rings. The number of hydrogen-bond acceptors (Lipinski definition) is 7. The number of hydrogen-bond donors (Lipinski definition) is 4. The van der Waals surface area contributed by atoms with Crippen LogP contribution in [0, 0.1) is 0 Å². The number of fused-ring (bicyclic) bond motifs is 2. The summed E-state index contributed by atoms with van der Waals surface area (Å²) in [6, 6.07) is 5.82. The minimum absolute atomic E-state index is 0.277. The molecule has 4 N–H and O–H groups in total. The van der Waals surface area contributed by atoms with Crippen LogP contribution in [-0.4, -0.2) is 73.1 Å². The second-order valence-electron chi connectivity index (χ2n) is 9.85. The first-order valence-electron chi connectivity index (χ1n) is 12.1. The number of carbonyl (C=O) groups excluding carboxylic acids is 2. The Morgan fingerprint density at radius 3 is 2.73 bits per heavy atom. The molecule has 0 bridgehead atoms. The number of nitrogens with one attached hydrogen (secondary N) is 4. The number of likely N-dealkylation sites (N-methyl/N-ethyl adjacent to an activating group) is 1. The Bertz CT molecular complexity index is 1450. The molecule has 2 aliphatic rings. The van der Waals surface area contributed by atoms with Gasteiger partial charge in [-0.3, -0.25) is 9.59 Å². The number of benzene rings is 1. The van der Waals surface area contributed by atoms with Crippen molar-refractivity contribution in [3.8, 4) is 0 Å². The van der Waals surface area contributed by atoms with Gasteiger partial charge in [-0.1, -0.05) is 11.6 Å². The highest BCUT2D eigenvalue weighted by Crippen LogP contribution is 2.26. The summed E-state index contributed by atoms with van der Waals surface area (Å²) in [6.45, 7) is 1.68. The van der Waals surface area contributed by atoms with Gasteiger partial charge >= 0.3 is 0 Å². The van der Waals surface area contributed by atoms with Crippen LogP contribution in [0.1, 0.15) is 50.1 Å². The third-order valence-corrected chi connectivity index (χ3v) is 8.89. The van der Waals surface area contributed by atoms with Crippen LogP contribution in [0.5, 0.6) is 0 Å². The topological polar surface area (TPSA) is 136 Å².